The van der Waals surface area contributed by atoms with Gasteiger partial charge in [0.1, 0.15) is 0 Å². The Hall–Kier alpha value is -1.85. The Morgan fingerprint density at radius 1 is 1.52 bits per heavy atom. The molecule has 1 aliphatic carbocycles. The number of nitrogens with one attached hydrogen (secondary N) is 1. The summed E-state index contributed by atoms with van der Waals surface area (Å²) in [5, 5.41) is 7.12. The highest BCUT2D eigenvalue weighted by molar-refractivity contribution is 5.89. The lowest BCUT2D eigenvalue weighted by molar-refractivity contribution is -0.129. The molecule has 1 saturated heterocycles. The van der Waals surface area contributed by atoms with E-state index in [1.807, 2.05) is 24.1 Å². The number of carbonyl (C=O) groups is 2. The van der Waals surface area contributed by atoms with Gasteiger partial charge >= 0.3 is 0 Å². The normalized spacial score (nSPS) is 23.4. The number of aromatic nitrogens is 2. The number of carbonyl (C=O) groups excluding carboxylic acids is 2. The van der Waals surface area contributed by atoms with Crippen LogP contribution in [0.1, 0.15) is 26.2 Å². The number of nitrogens with zero attached hydrogens (tertiary/aromatic N) is 3. The standard InChI is InChI=1S/C15H22N4O2/c1-11(8-19-6-2-5-16-19)17-15(21)13-7-14(20)18(10-13)9-12-3-4-12/h2,5-6,11-13H,3-4,7-10H2,1H3,(H,17,21)/t11-,13-/m1/s1. The van der Waals surface area contributed by atoms with Crippen LogP contribution in [0.3, 0.4) is 0 Å². The summed E-state index contributed by atoms with van der Waals surface area (Å²) in [6.45, 7) is 4.02. The minimum Gasteiger partial charge on any atom is -0.351 e. The van der Waals surface area contributed by atoms with Crippen molar-refractivity contribution in [3.05, 3.63) is 18.5 Å². The summed E-state index contributed by atoms with van der Waals surface area (Å²) in [5.41, 5.74) is 0. The minimum atomic E-state index is -0.198. The van der Waals surface area contributed by atoms with Crippen LogP contribution in [0.4, 0.5) is 0 Å². The molecule has 0 spiro atoms. The van der Waals surface area contributed by atoms with E-state index < -0.39 is 0 Å². The summed E-state index contributed by atoms with van der Waals surface area (Å²) in [6.07, 6.45) is 6.40. The fourth-order valence-corrected chi connectivity index (χ4v) is 2.83. The fraction of sp³-hybridized carbons (Fsp3) is 0.667. The zero-order chi connectivity index (χ0) is 14.8. The second-order valence-electron chi connectivity index (χ2n) is 6.28. The van der Waals surface area contributed by atoms with E-state index in [0.29, 0.717) is 25.4 Å². The number of rotatable bonds is 6. The van der Waals surface area contributed by atoms with Crippen LogP contribution in [0.25, 0.3) is 0 Å². The smallest absolute Gasteiger partial charge is 0.225 e. The Bertz CT molecular complexity index is 510. The lowest BCUT2D eigenvalue weighted by Gasteiger charge is -2.18. The van der Waals surface area contributed by atoms with Crippen molar-refractivity contribution in [3.63, 3.8) is 0 Å². The highest BCUT2D eigenvalue weighted by Gasteiger charge is 2.37. The van der Waals surface area contributed by atoms with Crippen molar-refractivity contribution in [2.24, 2.45) is 11.8 Å². The average Bonchev–Trinajstić information content (AvgIpc) is 2.95. The molecular formula is C15H22N4O2. The SMILES string of the molecule is C[C@H](Cn1cccn1)NC(=O)[C@@H]1CC(=O)N(CC2CC2)C1. The van der Waals surface area contributed by atoms with Crippen LogP contribution in [0.15, 0.2) is 18.5 Å². The summed E-state index contributed by atoms with van der Waals surface area (Å²) in [6, 6.07) is 1.87. The first-order valence-corrected chi connectivity index (χ1v) is 7.67. The molecule has 2 atom stereocenters. The monoisotopic (exact) mass is 290 g/mol. The molecule has 2 aliphatic rings. The van der Waals surface area contributed by atoms with E-state index in [1.54, 1.807) is 10.9 Å². The van der Waals surface area contributed by atoms with Crippen LogP contribution in [0.5, 0.6) is 0 Å². The Labute approximate surface area is 124 Å². The van der Waals surface area contributed by atoms with Crippen LogP contribution < -0.4 is 5.32 Å². The van der Waals surface area contributed by atoms with Crippen molar-refractivity contribution in [2.75, 3.05) is 13.1 Å². The molecule has 0 radical (unpaired) electrons. The molecule has 1 N–H and O–H groups in total. The van der Waals surface area contributed by atoms with Gasteiger partial charge in [0.2, 0.25) is 11.8 Å². The molecule has 0 aromatic carbocycles. The van der Waals surface area contributed by atoms with Crippen molar-refractivity contribution in [3.8, 4) is 0 Å². The van der Waals surface area contributed by atoms with Gasteiger partial charge in [-0.05, 0) is 31.7 Å². The second-order valence-corrected chi connectivity index (χ2v) is 6.28. The lowest BCUT2D eigenvalue weighted by atomic mass is 10.1. The maximum absolute atomic E-state index is 12.3. The van der Waals surface area contributed by atoms with E-state index >= 15 is 0 Å². The van der Waals surface area contributed by atoms with Gasteiger partial charge in [0.15, 0.2) is 0 Å². The number of amides is 2. The molecule has 2 amide bonds. The van der Waals surface area contributed by atoms with Crippen molar-refractivity contribution >= 4 is 11.8 Å². The van der Waals surface area contributed by atoms with Crippen LogP contribution in [0.2, 0.25) is 0 Å². The first-order chi connectivity index (χ1) is 10.1. The maximum atomic E-state index is 12.3. The van der Waals surface area contributed by atoms with Crippen molar-refractivity contribution in [1.82, 2.24) is 20.0 Å². The Kier molecular flexibility index (Phi) is 3.94. The van der Waals surface area contributed by atoms with Gasteiger partial charge in [-0.25, -0.2) is 0 Å². The van der Waals surface area contributed by atoms with E-state index in [9.17, 15) is 9.59 Å². The van der Waals surface area contributed by atoms with Gasteiger partial charge < -0.3 is 10.2 Å². The molecule has 1 aromatic rings. The summed E-state index contributed by atoms with van der Waals surface area (Å²) >= 11 is 0. The van der Waals surface area contributed by atoms with Crippen LogP contribution in [-0.2, 0) is 16.1 Å². The van der Waals surface area contributed by atoms with Gasteiger partial charge in [-0.2, -0.15) is 5.10 Å². The lowest BCUT2D eigenvalue weighted by Crippen LogP contribution is -2.40. The van der Waals surface area contributed by atoms with Gasteiger partial charge in [0.25, 0.3) is 0 Å². The highest BCUT2D eigenvalue weighted by atomic mass is 16.2. The Morgan fingerprint density at radius 2 is 2.33 bits per heavy atom. The van der Waals surface area contributed by atoms with Gasteiger partial charge in [-0.15, -0.1) is 0 Å². The zero-order valence-corrected chi connectivity index (χ0v) is 12.4. The van der Waals surface area contributed by atoms with E-state index in [-0.39, 0.29) is 23.8 Å². The molecule has 1 saturated carbocycles. The van der Waals surface area contributed by atoms with Crippen molar-refractivity contribution in [1.29, 1.82) is 0 Å². The summed E-state index contributed by atoms with van der Waals surface area (Å²) in [5.74, 6) is 0.592. The van der Waals surface area contributed by atoms with Crippen LogP contribution in [-0.4, -0.2) is 45.6 Å². The van der Waals surface area contributed by atoms with E-state index in [0.717, 1.165) is 6.54 Å². The summed E-state index contributed by atoms with van der Waals surface area (Å²) < 4.78 is 1.80. The van der Waals surface area contributed by atoms with Gasteiger partial charge in [-0.1, -0.05) is 0 Å². The molecular weight excluding hydrogens is 268 g/mol. The third kappa shape index (κ3) is 3.62. The van der Waals surface area contributed by atoms with E-state index in [4.69, 9.17) is 0 Å². The molecule has 1 aliphatic heterocycles. The third-order valence-corrected chi connectivity index (χ3v) is 4.17. The Balaban J connectivity index is 1.47. The van der Waals surface area contributed by atoms with Gasteiger partial charge in [0.05, 0.1) is 12.5 Å². The first-order valence-electron chi connectivity index (χ1n) is 7.67. The molecule has 2 heterocycles. The third-order valence-electron chi connectivity index (χ3n) is 4.17. The van der Waals surface area contributed by atoms with Gasteiger partial charge in [-0.3, -0.25) is 14.3 Å². The fourth-order valence-electron chi connectivity index (χ4n) is 2.83. The second kappa shape index (κ2) is 5.87. The zero-order valence-electron chi connectivity index (χ0n) is 12.4. The summed E-state index contributed by atoms with van der Waals surface area (Å²) in [4.78, 5) is 26.0. The maximum Gasteiger partial charge on any atom is 0.225 e. The molecule has 0 unspecified atom stereocenters. The van der Waals surface area contributed by atoms with Crippen molar-refractivity contribution < 1.29 is 9.59 Å². The van der Waals surface area contributed by atoms with Crippen molar-refractivity contribution in [2.45, 2.75) is 38.8 Å². The molecule has 3 rings (SSSR count). The molecule has 114 valence electrons. The van der Waals surface area contributed by atoms with Crippen LogP contribution in [0, 0.1) is 11.8 Å². The predicted molar refractivity (Wildman–Crippen MR) is 77.2 cm³/mol. The number of hydrogen-bond donors (Lipinski definition) is 1. The highest BCUT2D eigenvalue weighted by Crippen LogP contribution is 2.31. The quantitative estimate of drug-likeness (QED) is 0.836. The molecule has 1 aromatic heterocycles. The Morgan fingerprint density at radius 3 is 3.00 bits per heavy atom. The van der Waals surface area contributed by atoms with E-state index in [1.165, 1.54) is 12.8 Å². The predicted octanol–water partition coefficient (Wildman–Crippen LogP) is 0.646. The van der Waals surface area contributed by atoms with Gasteiger partial charge in [0, 0.05) is 37.9 Å². The average molecular weight is 290 g/mol. The molecule has 0 bridgehead atoms. The summed E-state index contributed by atoms with van der Waals surface area (Å²) in [7, 11) is 0. The van der Waals surface area contributed by atoms with E-state index in [2.05, 4.69) is 10.4 Å². The number of likely N-dealkylation sites (tertiary alicyclic amines) is 1. The largest absolute Gasteiger partial charge is 0.351 e. The molecule has 2 fully saturated rings. The molecule has 6 heteroatoms. The molecule has 6 nitrogen and oxygen atoms in total. The minimum absolute atomic E-state index is 0.00461. The van der Waals surface area contributed by atoms with Crippen LogP contribution >= 0.6 is 0 Å². The number of hydrogen-bond acceptors (Lipinski definition) is 3. The molecule has 21 heavy (non-hydrogen) atoms. The first kappa shape index (κ1) is 14.1. The topological polar surface area (TPSA) is 67.2 Å².